The summed E-state index contributed by atoms with van der Waals surface area (Å²) in [6.07, 6.45) is 2.84. The smallest absolute Gasteiger partial charge is 0.275 e. The number of nitriles is 1. The number of benzene rings is 1. The number of anilines is 1. The Morgan fingerprint density at radius 2 is 2.03 bits per heavy atom. The molecule has 1 saturated heterocycles. The number of aromatic amines is 1. The molecule has 1 aliphatic heterocycles. The van der Waals surface area contributed by atoms with E-state index < -0.39 is 11.8 Å². The SMILES string of the molecule is Cc1[nH]c(C(=O)Nc2nc3c(OCCC4CCOCC4)cc(C(=O)NCC#N)cc3s2)c(Cl)c1Cl.Cl. The number of halogens is 3. The van der Waals surface area contributed by atoms with Crippen LogP contribution in [0, 0.1) is 24.2 Å². The summed E-state index contributed by atoms with van der Waals surface area (Å²) in [5.41, 5.74) is 1.59. The molecule has 192 valence electrons. The second-order valence-corrected chi connectivity index (χ2v) is 9.87. The van der Waals surface area contributed by atoms with Gasteiger partial charge in [-0.2, -0.15) is 5.26 Å². The van der Waals surface area contributed by atoms with E-state index in [0.717, 1.165) is 32.5 Å². The Balaban J connectivity index is 0.00000361. The summed E-state index contributed by atoms with van der Waals surface area (Å²) < 4.78 is 12.1. The van der Waals surface area contributed by atoms with Crippen molar-refractivity contribution in [3.8, 4) is 11.8 Å². The van der Waals surface area contributed by atoms with Crippen LogP contribution in [0.2, 0.25) is 10.0 Å². The van der Waals surface area contributed by atoms with Crippen LogP contribution in [0.4, 0.5) is 5.13 Å². The third kappa shape index (κ3) is 6.41. The molecular formula is C23H24Cl3N5O4S. The summed E-state index contributed by atoms with van der Waals surface area (Å²) >= 11 is 13.4. The first kappa shape index (κ1) is 28.0. The third-order valence-corrected chi connectivity index (χ3v) is 7.54. The minimum absolute atomic E-state index is 0. The van der Waals surface area contributed by atoms with Crippen LogP contribution in [0.1, 0.15) is 45.8 Å². The predicted octanol–water partition coefficient (Wildman–Crippen LogP) is 5.36. The molecule has 3 N–H and O–H groups in total. The highest BCUT2D eigenvalue weighted by Gasteiger charge is 2.21. The molecule has 0 aliphatic carbocycles. The number of nitrogens with zero attached hydrogens (tertiary/aromatic N) is 2. The number of ether oxygens (including phenoxy) is 2. The van der Waals surface area contributed by atoms with Gasteiger partial charge in [-0.15, -0.1) is 12.4 Å². The lowest BCUT2D eigenvalue weighted by Gasteiger charge is -2.21. The van der Waals surface area contributed by atoms with Crippen molar-refractivity contribution in [1.29, 1.82) is 5.26 Å². The van der Waals surface area contributed by atoms with Crippen molar-refractivity contribution in [2.24, 2.45) is 5.92 Å². The van der Waals surface area contributed by atoms with Gasteiger partial charge in [0.05, 0.1) is 27.4 Å². The number of carbonyl (C=O) groups is 2. The second kappa shape index (κ2) is 12.6. The number of hydrogen-bond acceptors (Lipinski definition) is 7. The number of fused-ring (bicyclic) bond motifs is 1. The molecule has 4 rings (SSSR count). The first-order valence-electron chi connectivity index (χ1n) is 11.0. The molecule has 0 saturated carbocycles. The first-order chi connectivity index (χ1) is 16.9. The normalized spacial score (nSPS) is 13.6. The Morgan fingerprint density at radius 1 is 1.28 bits per heavy atom. The van der Waals surface area contributed by atoms with Crippen molar-refractivity contribution in [3.63, 3.8) is 0 Å². The number of rotatable bonds is 8. The Kier molecular flexibility index (Phi) is 9.82. The summed E-state index contributed by atoms with van der Waals surface area (Å²) in [4.78, 5) is 32.7. The number of aromatic nitrogens is 2. The van der Waals surface area contributed by atoms with E-state index in [2.05, 4.69) is 20.6 Å². The van der Waals surface area contributed by atoms with Crippen LogP contribution in [-0.4, -0.2) is 48.1 Å². The molecule has 1 aromatic carbocycles. The van der Waals surface area contributed by atoms with E-state index in [0.29, 0.717) is 44.9 Å². The maximum Gasteiger partial charge on any atom is 0.275 e. The van der Waals surface area contributed by atoms with E-state index in [1.807, 2.05) is 6.07 Å². The van der Waals surface area contributed by atoms with Gasteiger partial charge in [0.25, 0.3) is 11.8 Å². The van der Waals surface area contributed by atoms with Crippen molar-refractivity contribution >= 4 is 74.1 Å². The van der Waals surface area contributed by atoms with Crippen molar-refractivity contribution in [2.45, 2.75) is 26.2 Å². The number of amides is 2. The van der Waals surface area contributed by atoms with Gasteiger partial charge < -0.3 is 19.8 Å². The predicted molar refractivity (Wildman–Crippen MR) is 142 cm³/mol. The zero-order valence-electron chi connectivity index (χ0n) is 19.3. The molecule has 9 nitrogen and oxygen atoms in total. The van der Waals surface area contributed by atoms with E-state index in [-0.39, 0.29) is 34.7 Å². The van der Waals surface area contributed by atoms with Crippen molar-refractivity contribution in [3.05, 3.63) is 39.1 Å². The molecule has 1 aliphatic rings. The molecule has 0 bridgehead atoms. The lowest BCUT2D eigenvalue weighted by Crippen LogP contribution is -2.23. The monoisotopic (exact) mass is 571 g/mol. The summed E-state index contributed by atoms with van der Waals surface area (Å²) in [6.45, 7) is 3.58. The topological polar surface area (TPSA) is 129 Å². The number of H-pyrrole nitrogens is 1. The fourth-order valence-corrected chi connectivity index (χ4v) is 5.11. The van der Waals surface area contributed by atoms with Crippen LogP contribution in [0.3, 0.4) is 0 Å². The summed E-state index contributed by atoms with van der Waals surface area (Å²) in [5, 5.41) is 14.8. The van der Waals surface area contributed by atoms with Crippen molar-refractivity contribution < 1.29 is 19.1 Å². The minimum Gasteiger partial charge on any atom is -0.491 e. The maximum absolute atomic E-state index is 12.7. The molecule has 2 aromatic heterocycles. The van der Waals surface area contributed by atoms with Gasteiger partial charge >= 0.3 is 0 Å². The zero-order valence-corrected chi connectivity index (χ0v) is 22.4. The molecule has 0 radical (unpaired) electrons. The van der Waals surface area contributed by atoms with Gasteiger partial charge in [-0.3, -0.25) is 14.9 Å². The van der Waals surface area contributed by atoms with Crippen LogP contribution >= 0.6 is 46.9 Å². The lowest BCUT2D eigenvalue weighted by atomic mass is 9.97. The van der Waals surface area contributed by atoms with Gasteiger partial charge in [-0.05, 0) is 44.2 Å². The molecule has 13 heteroatoms. The highest BCUT2D eigenvalue weighted by atomic mass is 35.5. The average molecular weight is 573 g/mol. The molecule has 3 aromatic rings. The fraction of sp³-hybridized carbons (Fsp3) is 0.391. The van der Waals surface area contributed by atoms with Crippen LogP contribution < -0.4 is 15.4 Å². The zero-order chi connectivity index (χ0) is 24.9. The third-order valence-electron chi connectivity index (χ3n) is 5.68. The van der Waals surface area contributed by atoms with Gasteiger partial charge in [0.2, 0.25) is 0 Å². The van der Waals surface area contributed by atoms with Crippen LogP contribution in [0.25, 0.3) is 10.2 Å². The van der Waals surface area contributed by atoms with E-state index in [1.54, 1.807) is 19.1 Å². The largest absolute Gasteiger partial charge is 0.491 e. The van der Waals surface area contributed by atoms with Crippen LogP contribution in [0.15, 0.2) is 12.1 Å². The number of carbonyl (C=O) groups excluding carboxylic acids is 2. The fourth-order valence-electron chi connectivity index (χ4n) is 3.77. The van der Waals surface area contributed by atoms with Gasteiger partial charge in [-0.1, -0.05) is 34.5 Å². The van der Waals surface area contributed by atoms with E-state index >= 15 is 0 Å². The average Bonchev–Trinajstić information content (AvgIpc) is 3.38. The quantitative estimate of drug-likeness (QED) is 0.312. The van der Waals surface area contributed by atoms with E-state index in [9.17, 15) is 9.59 Å². The Bertz CT molecular complexity index is 1300. The van der Waals surface area contributed by atoms with Crippen LogP contribution in [0.5, 0.6) is 5.75 Å². The number of hydrogen-bond donors (Lipinski definition) is 3. The summed E-state index contributed by atoms with van der Waals surface area (Å²) in [5.74, 6) is 0.0701. The van der Waals surface area contributed by atoms with Crippen molar-refractivity contribution in [1.82, 2.24) is 15.3 Å². The molecule has 36 heavy (non-hydrogen) atoms. The van der Waals surface area contributed by atoms with Crippen LogP contribution in [-0.2, 0) is 4.74 Å². The molecule has 1 fully saturated rings. The summed E-state index contributed by atoms with van der Waals surface area (Å²) in [7, 11) is 0. The molecular weight excluding hydrogens is 549 g/mol. The second-order valence-electron chi connectivity index (χ2n) is 8.08. The maximum atomic E-state index is 12.7. The highest BCUT2D eigenvalue weighted by molar-refractivity contribution is 7.22. The standard InChI is InChI=1S/C23H23Cl2N5O4S.ClH/c1-12-17(24)18(25)20(28-12)22(32)30-23-29-19-15(34-9-4-13-2-7-33-8-3-13)10-14(11-16(19)35-23)21(31)27-6-5-26;/h10-11,13,28H,2-4,6-9H2,1H3,(H,27,31)(H,29,30,32);1H. The lowest BCUT2D eigenvalue weighted by molar-refractivity contribution is 0.0594. The Labute approximate surface area is 227 Å². The van der Waals surface area contributed by atoms with Gasteiger partial charge in [-0.25, -0.2) is 4.98 Å². The molecule has 2 amide bonds. The molecule has 0 atom stereocenters. The number of nitrogens with one attached hydrogen (secondary N) is 3. The Morgan fingerprint density at radius 3 is 2.69 bits per heavy atom. The molecule has 0 unspecified atom stereocenters. The minimum atomic E-state index is -0.488. The van der Waals surface area contributed by atoms with E-state index in [1.165, 1.54) is 11.3 Å². The van der Waals surface area contributed by atoms with Gasteiger partial charge in [0.1, 0.15) is 23.5 Å². The molecule has 0 spiro atoms. The summed E-state index contributed by atoms with van der Waals surface area (Å²) in [6, 6.07) is 5.15. The van der Waals surface area contributed by atoms with Gasteiger partial charge in [0.15, 0.2) is 5.13 Å². The van der Waals surface area contributed by atoms with Gasteiger partial charge in [0, 0.05) is 24.5 Å². The molecule has 3 heterocycles. The van der Waals surface area contributed by atoms with E-state index in [4.69, 9.17) is 37.9 Å². The van der Waals surface area contributed by atoms with Crippen molar-refractivity contribution in [2.75, 3.05) is 31.7 Å². The highest BCUT2D eigenvalue weighted by Crippen LogP contribution is 2.35. The number of thiazole rings is 1. The first-order valence-corrected chi connectivity index (χ1v) is 12.6. The number of aryl methyl sites for hydroxylation is 1. The Hall–Kier alpha value is -2.55.